The molecule has 3 aromatic rings. The SMILES string of the molecule is COc1cc(=O)n(-c2ccccc2C)nc1C(=O)N1c2ccccc2C[C@H]1C. The number of carbonyl (C=O) groups is 1. The average molecular weight is 375 g/mol. The first kappa shape index (κ1) is 18.0. The van der Waals surface area contributed by atoms with Crippen molar-refractivity contribution in [2.24, 2.45) is 0 Å². The highest BCUT2D eigenvalue weighted by Crippen LogP contribution is 2.33. The minimum atomic E-state index is -0.349. The topological polar surface area (TPSA) is 64.4 Å². The molecule has 0 bridgehead atoms. The van der Waals surface area contributed by atoms with E-state index in [-0.39, 0.29) is 29.0 Å². The molecule has 0 aliphatic carbocycles. The van der Waals surface area contributed by atoms with Crippen LogP contribution in [0.15, 0.2) is 59.4 Å². The molecule has 28 heavy (non-hydrogen) atoms. The lowest BCUT2D eigenvalue weighted by molar-refractivity contribution is 0.0971. The Morgan fingerprint density at radius 2 is 1.79 bits per heavy atom. The van der Waals surface area contributed by atoms with Crippen LogP contribution in [0.3, 0.4) is 0 Å². The van der Waals surface area contributed by atoms with Gasteiger partial charge in [-0.3, -0.25) is 9.59 Å². The Bertz CT molecular complexity index is 1120. The molecule has 6 nitrogen and oxygen atoms in total. The van der Waals surface area contributed by atoms with Gasteiger partial charge in [-0.1, -0.05) is 36.4 Å². The van der Waals surface area contributed by atoms with Gasteiger partial charge in [-0.15, -0.1) is 0 Å². The first-order valence-electron chi connectivity index (χ1n) is 9.17. The number of ether oxygens (including phenoxy) is 1. The minimum Gasteiger partial charge on any atom is -0.494 e. The van der Waals surface area contributed by atoms with Gasteiger partial charge in [0.25, 0.3) is 11.5 Å². The Labute approximate surface area is 163 Å². The molecule has 0 unspecified atom stereocenters. The summed E-state index contributed by atoms with van der Waals surface area (Å²) in [5, 5.41) is 4.41. The summed E-state index contributed by atoms with van der Waals surface area (Å²) < 4.78 is 6.59. The fourth-order valence-electron chi connectivity index (χ4n) is 3.71. The van der Waals surface area contributed by atoms with Crippen molar-refractivity contribution in [2.75, 3.05) is 12.0 Å². The third kappa shape index (κ3) is 2.87. The molecule has 0 N–H and O–H groups in total. The molecule has 0 saturated heterocycles. The van der Waals surface area contributed by atoms with Crippen molar-refractivity contribution >= 4 is 11.6 Å². The maximum absolute atomic E-state index is 13.4. The molecule has 2 heterocycles. The summed E-state index contributed by atoms with van der Waals surface area (Å²) in [4.78, 5) is 27.8. The van der Waals surface area contributed by atoms with E-state index in [1.54, 1.807) is 11.0 Å². The fourth-order valence-corrected chi connectivity index (χ4v) is 3.71. The number of hydrogen-bond acceptors (Lipinski definition) is 4. The highest BCUT2D eigenvalue weighted by molar-refractivity contribution is 6.08. The van der Waals surface area contributed by atoms with E-state index in [0.717, 1.165) is 23.2 Å². The van der Waals surface area contributed by atoms with Crippen molar-refractivity contribution in [3.8, 4) is 11.4 Å². The van der Waals surface area contributed by atoms with Crippen LogP contribution < -0.4 is 15.2 Å². The summed E-state index contributed by atoms with van der Waals surface area (Å²) in [5.41, 5.74) is 3.29. The molecule has 1 aromatic heterocycles. The molecular weight excluding hydrogens is 354 g/mol. The van der Waals surface area contributed by atoms with Gasteiger partial charge in [0.1, 0.15) is 0 Å². The lowest BCUT2D eigenvalue weighted by Gasteiger charge is -2.23. The summed E-state index contributed by atoms with van der Waals surface area (Å²) >= 11 is 0. The number of para-hydroxylation sites is 2. The van der Waals surface area contributed by atoms with E-state index in [1.807, 2.05) is 56.3 Å². The molecule has 0 fully saturated rings. The van der Waals surface area contributed by atoms with Crippen LogP contribution in [0.25, 0.3) is 5.69 Å². The van der Waals surface area contributed by atoms with E-state index >= 15 is 0 Å². The number of nitrogens with zero attached hydrogens (tertiary/aromatic N) is 3. The van der Waals surface area contributed by atoms with Crippen LogP contribution in [0.1, 0.15) is 28.5 Å². The van der Waals surface area contributed by atoms with E-state index in [1.165, 1.54) is 17.9 Å². The Morgan fingerprint density at radius 3 is 2.50 bits per heavy atom. The van der Waals surface area contributed by atoms with Gasteiger partial charge in [0.15, 0.2) is 11.4 Å². The van der Waals surface area contributed by atoms with Crippen LogP contribution in [0.4, 0.5) is 5.69 Å². The molecule has 0 radical (unpaired) electrons. The van der Waals surface area contributed by atoms with Gasteiger partial charge in [0.2, 0.25) is 0 Å². The zero-order valence-electron chi connectivity index (χ0n) is 16.0. The van der Waals surface area contributed by atoms with Gasteiger partial charge in [-0.25, -0.2) is 0 Å². The maximum Gasteiger partial charge on any atom is 0.282 e. The van der Waals surface area contributed by atoms with Crippen molar-refractivity contribution < 1.29 is 9.53 Å². The second-order valence-electron chi connectivity index (χ2n) is 6.95. The third-order valence-corrected chi connectivity index (χ3v) is 5.09. The molecular formula is C22H21N3O3. The van der Waals surface area contributed by atoms with E-state index in [4.69, 9.17) is 4.74 Å². The van der Waals surface area contributed by atoms with Crippen molar-refractivity contribution in [1.82, 2.24) is 9.78 Å². The molecule has 4 rings (SSSR count). The largest absolute Gasteiger partial charge is 0.494 e. The number of anilines is 1. The molecule has 0 saturated carbocycles. The number of benzene rings is 2. The van der Waals surface area contributed by atoms with Crippen LogP contribution in [-0.2, 0) is 6.42 Å². The van der Waals surface area contributed by atoms with Crippen LogP contribution in [0, 0.1) is 6.92 Å². The van der Waals surface area contributed by atoms with Gasteiger partial charge >= 0.3 is 0 Å². The quantitative estimate of drug-likeness (QED) is 0.705. The van der Waals surface area contributed by atoms with Crippen molar-refractivity contribution in [3.05, 3.63) is 81.8 Å². The fraction of sp³-hybridized carbons (Fsp3) is 0.227. The third-order valence-electron chi connectivity index (χ3n) is 5.09. The average Bonchev–Trinajstić information content (AvgIpc) is 3.03. The predicted octanol–water partition coefficient (Wildman–Crippen LogP) is 3.14. The Balaban J connectivity index is 1.86. The maximum atomic E-state index is 13.4. The minimum absolute atomic E-state index is 0.00440. The smallest absolute Gasteiger partial charge is 0.282 e. The van der Waals surface area contributed by atoms with Gasteiger partial charge in [0.05, 0.1) is 18.9 Å². The number of amides is 1. The normalized spacial score (nSPS) is 15.4. The molecule has 2 aromatic carbocycles. The summed E-state index contributed by atoms with van der Waals surface area (Å²) in [6, 6.07) is 16.6. The number of methoxy groups -OCH3 is 1. The summed E-state index contributed by atoms with van der Waals surface area (Å²) in [6.45, 7) is 3.90. The van der Waals surface area contributed by atoms with Crippen LogP contribution in [0.2, 0.25) is 0 Å². The highest BCUT2D eigenvalue weighted by Gasteiger charge is 2.34. The van der Waals surface area contributed by atoms with Crippen molar-refractivity contribution in [3.63, 3.8) is 0 Å². The van der Waals surface area contributed by atoms with E-state index in [9.17, 15) is 9.59 Å². The first-order chi connectivity index (χ1) is 13.5. The molecule has 1 aliphatic heterocycles. The van der Waals surface area contributed by atoms with Crippen LogP contribution in [0.5, 0.6) is 5.75 Å². The number of carbonyl (C=O) groups excluding carboxylic acids is 1. The Hall–Kier alpha value is -3.41. The highest BCUT2D eigenvalue weighted by atomic mass is 16.5. The Morgan fingerprint density at radius 1 is 1.11 bits per heavy atom. The second kappa shape index (κ2) is 6.96. The molecule has 1 atom stereocenters. The summed E-state index contributed by atoms with van der Waals surface area (Å²) in [6.07, 6.45) is 0.779. The molecule has 1 aliphatic rings. The van der Waals surface area contributed by atoms with E-state index in [2.05, 4.69) is 5.10 Å². The molecule has 142 valence electrons. The van der Waals surface area contributed by atoms with E-state index in [0.29, 0.717) is 5.69 Å². The predicted molar refractivity (Wildman–Crippen MR) is 108 cm³/mol. The van der Waals surface area contributed by atoms with Gasteiger partial charge in [-0.05, 0) is 43.5 Å². The molecule has 0 spiro atoms. The van der Waals surface area contributed by atoms with Crippen LogP contribution >= 0.6 is 0 Å². The number of hydrogen-bond donors (Lipinski definition) is 0. The second-order valence-corrected chi connectivity index (χ2v) is 6.95. The summed E-state index contributed by atoms with van der Waals surface area (Å²) in [5.74, 6) is -0.104. The first-order valence-corrected chi connectivity index (χ1v) is 9.17. The monoisotopic (exact) mass is 375 g/mol. The number of aryl methyl sites for hydroxylation is 1. The number of rotatable bonds is 3. The molecule has 6 heteroatoms. The van der Waals surface area contributed by atoms with Crippen molar-refractivity contribution in [1.29, 1.82) is 0 Å². The lowest BCUT2D eigenvalue weighted by Crippen LogP contribution is -2.38. The van der Waals surface area contributed by atoms with Gasteiger partial charge in [-0.2, -0.15) is 9.78 Å². The van der Waals surface area contributed by atoms with Crippen LogP contribution in [-0.4, -0.2) is 28.8 Å². The van der Waals surface area contributed by atoms with E-state index < -0.39 is 0 Å². The lowest BCUT2D eigenvalue weighted by atomic mass is 10.1. The standard InChI is InChI=1S/C22H21N3O3/c1-14-8-4-6-10-17(14)25-20(26)13-19(28-3)21(23-25)22(27)24-15(2)12-16-9-5-7-11-18(16)24/h4-11,13,15H,12H2,1-3H3/t15-/m1/s1. The van der Waals surface area contributed by atoms with Gasteiger partial charge in [0, 0.05) is 11.7 Å². The zero-order valence-corrected chi connectivity index (χ0v) is 16.0. The summed E-state index contributed by atoms with van der Waals surface area (Å²) in [7, 11) is 1.44. The molecule has 1 amide bonds. The number of fused-ring (bicyclic) bond motifs is 1. The van der Waals surface area contributed by atoms with Gasteiger partial charge < -0.3 is 9.64 Å². The zero-order chi connectivity index (χ0) is 19.8. The van der Waals surface area contributed by atoms with Crippen molar-refractivity contribution in [2.45, 2.75) is 26.3 Å². The Kier molecular flexibility index (Phi) is 4.47. The number of aromatic nitrogens is 2.